The molecule has 2 N–H and O–H groups in total. The zero-order valence-corrected chi connectivity index (χ0v) is 5.90. The standard InChI is InChI=1S/C6H8O5/c1-11-4(2-5(7)8)3-6(9)10/h2H,3H2,1H3,(H,7,8)(H,9,10). The van der Waals surface area contributed by atoms with Gasteiger partial charge in [0.15, 0.2) is 0 Å². The van der Waals surface area contributed by atoms with Gasteiger partial charge >= 0.3 is 11.9 Å². The maximum absolute atomic E-state index is 10.0. The molecule has 0 heterocycles. The van der Waals surface area contributed by atoms with Crippen molar-refractivity contribution in [3.63, 3.8) is 0 Å². The van der Waals surface area contributed by atoms with Crippen molar-refractivity contribution < 1.29 is 24.5 Å². The zero-order chi connectivity index (χ0) is 8.85. The van der Waals surface area contributed by atoms with E-state index in [4.69, 9.17) is 10.2 Å². The van der Waals surface area contributed by atoms with E-state index in [1.807, 2.05) is 0 Å². The summed E-state index contributed by atoms with van der Waals surface area (Å²) < 4.78 is 4.47. The van der Waals surface area contributed by atoms with Crippen LogP contribution in [0.4, 0.5) is 0 Å². The van der Waals surface area contributed by atoms with Crippen molar-refractivity contribution >= 4 is 11.9 Å². The fraction of sp³-hybridized carbons (Fsp3) is 0.333. The smallest absolute Gasteiger partial charge is 0.331 e. The van der Waals surface area contributed by atoms with Crippen LogP contribution in [0.2, 0.25) is 0 Å². The van der Waals surface area contributed by atoms with E-state index in [0.717, 1.165) is 0 Å². The molecule has 5 nitrogen and oxygen atoms in total. The number of methoxy groups -OCH3 is 1. The molecule has 0 atom stereocenters. The lowest BCUT2D eigenvalue weighted by molar-refractivity contribution is -0.136. The number of carboxylic acids is 2. The van der Waals surface area contributed by atoms with E-state index < -0.39 is 18.4 Å². The van der Waals surface area contributed by atoms with E-state index in [1.54, 1.807) is 0 Å². The second-order valence-electron chi connectivity index (χ2n) is 1.72. The van der Waals surface area contributed by atoms with Crippen LogP contribution in [0.3, 0.4) is 0 Å². The van der Waals surface area contributed by atoms with Crippen molar-refractivity contribution in [2.75, 3.05) is 7.11 Å². The number of hydrogen-bond donors (Lipinski definition) is 2. The average molecular weight is 160 g/mol. The number of hydrogen-bond acceptors (Lipinski definition) is 3. The predicted molar refractivity (Wildman–Crippen MR) is 35.0 cm³/mol. The Morgan fingerprint density at radius 3 is 2.27 bits per heavy atom. The number of carboxylic acid groups (broad SMARTS) is 2. The SMILES string of the molecule is COC(=CC(=O)O)CC(=O)O. The Labute approximate surface area is 62.9 Å². The molecule has 0 saturated heterocycles. The molecule has 0 saturated carbocycles. The highest BCUT2D eigenvalue weighted by Crippen LogP contribution is 2.00. The second kappa shape index (κ2) is 4.32. The minimum absolute atomic E-state index is 0.0787. The third-order valence-electron chi connectivity index (χ3n) is 0.872. The van der Waals surface area contributed by atoms with Crippen LogP contribution in [-0.2, 0) is 14.3 Å². The summed E-state index contributed by atoms with van der Waals surface area (Å²) in [5.41, 5.74) is 0. The van der Waals surface area contributed by atoms with E-state index >= 15 is 0 Å². The van der Waals surface area contributed by atoms with Crippen LogP contribution in [0.5, 0.6) is 0 Å². The lowest BCUT2D eigenvalue weighted by Crippen LogP contribution is -2.01. The van der Waals surface area contributed by atoms with Crippen LogP contribution in [0.15, 0.2) is 11.8 Å². The van der Waals surface area contributed by atoms with Gasteiger partial charge in [-0.3, -0.25) is 4.79 Å². The van der Waals surface area contributed by atoms with Crippen LogP contribution in [0.1, 0.15) is 6.42 Å². The van der Waals surface area contributed by atoms with E-state index in [9.17, 15) is 9.59 Å². The molecule has 0 aromatic carbocycles. The van der Waals surface area contributed by atoms with E-state index in [-0.39, 0.29) is 5.76 Å². The molecule has 5 heteroatoms. The van der Waals surface area contributed by atoms with E-state index in [2.05, 4.69) is 4.74 Å². The number of rotatable bonds is 4. The van der Waals surface area contributed by atoms with Gasteiger partial charge in [0, 0.05) is 0 Å². The third-order valence-corrected chi connectivity index (χ3v) is 0.872. The summed E-state index contributed by atoms with van der Waals surface area (Å²) in [5.74, 6) is -2.42. The first kappa shape index (κ1) is 9.48. The molecule has 0 rings (SSSR count). The summed E-state index contributed by atoms with van der Waals surface area (Å²) in [6, 6.07) is 0. The van der Waals surface area contributed by atoms with Crippen molar-refractivity contribution in [3.8, 4) is 0 Å². The molecule has 0 aliphatic heterocycles. The molecule has 0 aliphatic carbocycles. The Morgan fingerprint density at radius 2 is 2.00 bits per heavy atom. The van der Waals surface area contributed by atoms with Gasteiger partial charge in [-0.25, -0.2) is 4.79 Å². The minimum atomic E-state index is -1.22. The lowest BCUT2D eigenvalue weighted by atomic mass is 10.3. The molecule has 0 unspecified atom stereocenters. The molecular formula is C6H8O5. The Hall–Kier alpha value is -1.52. The van der Waals surface area contributed by atoms with Gasteiger partial charge in [0.1, 0.15) is 12.2 Å². The summed E-state index contributed by atoms with van der Waals surface area (Å²) >= 11 is 0. The van der Waals surface area contributed by atoms with Gasteiger partial charge in [0.25, 0.3) is 0 Å². The fourth-order valence-corrected chi connectivity index (χ4v) is 0.469. The molecular weight excluding hydrogens is 152 g/mol. The van der Waals surface area contributed by atoms with Crippen LogP contribution < -0.4 is 0 Å². The molecule has 0 aromatic rings. The van der Waals surface area contributed by atoms with Gasteiger partial charge < -0.3 is 14.9 Å². The Balaban J connectivity index is 4.16. The Morgan fingerprint density at radius 1 is 1.45 bits per heavy atom. The first-order chi connectivity index (χ1) is 5.06. The topological polar surface area (TPSA) is 83.8 Å². The first-order valence-electron chi connectivity index (χ1n) is 2.75. The van der Waals surface area contributed by atoms with Crippen molar-refractivity contribution in [2.45, 2.75) is 6.42 Å². The van der Waals surface area contributed by atoms with Crippen molar-refractivity contribution in [1.29, 1.82) is 0 Å². The third kappa shape index (κ3) is 4.95. The summed E-state index contributed by atoms with van der Waals surface area (Å²) in [7, 11) is 1.22. The molecule has 0 radical (unpaired) electrons. The molecule has 0 aromatic heterocycles. The summed E-state index contributed by atoms with van der Waals surface area (Å²) in [4.78, 5) is 20.0. The molecule has 0 spiro atoms. The first-order valence-corrected chi connectivity index (χ1v) is 2.75. The fourth-order valence-electron chi connectivity index (χ4n) is 0.469. The monoisotopic (exact) mass is 160 g/mol. The van der Waals surface area contributed by atoms with Gasteiger partial charge in [-0.1, -0.05) is 0 Å². The Kier molecular flexibility index (Phi) is 3.72. The number of aliphatic carboxylic acids is 2. The highest BCUT2D eigenvalue weighted by atomic mass is 16.5. The number of carbonyl (C=O) groups is 2. The van der Waals surface area contributed by atoms with Gasteiger partial charge in [0.2, 0.25) is 0 Å². The summed E-state index contributed by atoms with van der Waals surface area (Å²) in [5, 5.41) is 16.4. The molecule has 0 fully saturated rings. The lowest BCUT2D eigenvalue weighted by Gasteiger charge is -1.99. The van der Waals surface area contributed by atoms with Crippen molar-refractivity contribution in [1.82, 2.24) is 0 Å². The van der Waals surface area contributed by atoms with Crippen LogP contribution in [0, 0.1) is 0 Å². The largest absolute Gasteiger partial charge is 0.500 e. The van der Waals surface area contributed by atoms with Gasteiger partial charge in [-0.15, -0.1) is 0 Å². The molecule has 0 aliphatic rings. The van der Waals surface area contributed by atoms with Gasteiger partial charge in [-0.2, -0.15) is 0 Å². The highest BCUT2D eigenvalue weighted by molar-refractivity contribution is 5.81. The zero-order valence-electron chi connectivity index (χ0n) is 5.90. The highest BCUT2D eigenvalue weighted by Gasteiger charge is 2.04. The second-order valence-corrected chi connectivity index (χ2v) is 1.72. The van der Waals surface area contributed by atoms with E-state index in [1.165, 1.54) is 7.11 Å². The maximum atomic E-state index is 10.0. The van der Waals surface area contributed by atoms with Crippen LogP contribution in [0.25, 0.3) is 0 Å². The van der Waals surface area contributed by atoms with Crippen molar-refractivity contribution in [3.05, 3.63) is 11.8 Å². The summed E-state index contributed by atoms with van der Waals surface area (Å²) in [6.45, 7) is 0. The Bertz CT molecular complexity index is 193. The molecule has 62 valence electrons. The predicted octanol–water partition coefficient (Wildman–Crippen LogP) is 0.0760. The van der Waals surface area contributed by atoms with Crippen molar-refractivity contribution in [2.24, 2.45) is 0 Å². The summed E-state index contributed by atoms with van der Waals surface area (Å²) in [6.07, 6.45) is 0.302. The molecule has 0 bridgehead atoms. The van der Waals surface area contributed by atoms with E-state index in [0.29, 0.717) is 6.08 Å². The quantitative estimate of drug-likeness (QED) is 0.449. The van der Waals surface area contributed by atoms with Crippen LogP contribution >= 0.6 is 0 Å². The van der Waals surface area contributed by atoms with Gasteiger partial charge in [-0.05, 0) is 0 Å². The van der Waals surface area contributed by atoms with Gasteiger partial charge in [0.05, 0.1) is 13.2 Å². The average Bonchev–Trinajstić information content (AvgIpc) is 1.84. The normalized spacial score (nSPS) is 10.8. The molecule has 0 amide bonds. The maximum Gasteiger partial charge on any atom is 0.331 e. The molecule has 11 heavy (non-hydrogen) atoms. The minimum Gasteiger partial charge on any atom is -0.500 e. The van der Waals surface area contributed by atoms with Crippen LogP contribution in [-0.4, -0.2) is 29.3 Å². The number of ether oxygens (including phenoxy) is 1.